The first-order valence-corrected chi connectivity index (χ1v) is 6.97. The third-order valence-corrected chi connectivity index (χ3v) is 4.28. The van der Waals surface area contributed by atoms with Gasteiger partial charge >= 0.3 is 0 Å². The predicted octanol–water partition coefficient (Wildman–Crippen LogP) is 4.19. The van der Waals surface area contributed by atoms with Gasteiger partial charge < -0.3 is 0 Å². The van der Waals surface area contributed by atoms with Gasteiger partial charge in [0, 0.05) is 23.1 Å². The molecular weight excluding hydrogens is 242 g/mol. The van der Waals surface area contributed by atoms with Crippen LogP contribution < -0.4 is 4.57 Å². The van der Waals surface area contributed by atoms with Crippen LogP contribution in [0.15, 0.2) is 67.3 Å². The highest BCUT2D eigenvalue weighted by atomic mass is 15.0. The lowest BCUT2D eigenvalue weighted by atomic mass is 10.0. The van der Waals surface area contributed by atoms with Crippen LogP contribution in [0.25, 0.3) is 22.2 Å². The number of aromatic nitrogens is 1. The molecule has 0 saturated carbocycles. The van der Waals surface area contributed by atoms with E-state index in [4.69, 9.17) is 0 Å². The SMILES string of the molecule is C=CC1c2ccccc2-c2ccc3c(C)cccc3[n+]21. The van der Waals surface area contributed by atoms with Crippen molar-refractivity contribution in [2.24, 2.45) is 0 Å². The number of nitrogens with zero attached hydrogens (tertiary/aromatic N) is 1. The molecule has 1 aliphatic rings. The largest absolute Gasteiger partial charge is 0.214 e. The molecule has 0 N–H and O–H groups in total. The Balaban J connectivity index is 2.16. The van der Waals surface area contributed by atoms with E-state index in [9.17, 15) is 0 Å². The molecule has 1 nitrogen and oxygen atoms in total. The van der Waals surface area contributed by atoms with Crippen LogP contribution in [0.5, 0.6) is 0 Å². The molecule has 2 aromatic carbocycles. The summed E-state index contributed by atoms with van der Waals surface area (Å²) < 4.78 is 2.40. The fourth-order valence-corrected chi connectivity index (χ4v) is 3.34. The molecule has 1 aromatic heterocycles. The molecule has 0 amide bonds. The fraction of sp³-hybridized carbons (Fsp3) is 0.105. The molecule has 0 aliphatic carbocycles. The van der Waals surface area contributed by atoms with Crippen molar-refractivity contribution in [2.75, 3.05) is 0 Å². The van der Waals surface area contributed by atoms with Crippen LogP contribution in [-0.4, -0.2) is 0 Å². The molecule has 96 valence electrons. The molecule has 1 atom stereocenters. The molecule has 0 spiro atoms. The second-order valence-corrected chi connectivity index (χ2v) is 5.36. The van der Waals surface area contributed by atoms with E-state index in [0.717, 1.165) is 0 Å². The minimum Gasteiger partial charge on any atom is -0.180 e. The minimum absolute atomic E-state index is 0.228. The van der Waals surface area contributed by atoms with Gasteiger partial charge in [0.15, 0.2) is 0 Å². The molecule has 20 heavy (non-hydrogen) atoms. The summed E-state index contributed by atoms with van der Waals surface area (Å²) in [5.41, 5.74) is 6.54. The molecule has 1 aliphatic heterocycles. The minimum atomic E-state index is 0.228. The summed E-state index contributed by atoms with van der Waals surface area (Å²) in [5, 5.41) is 1.32. The maximum absolute atomic E-state index is 4.05. The Bertz CT molecular complexity index is 846. The van der Waals surface area contributed by atoms with Crippen LogP contribution in [0.2, 0.25) is 0 Å². The van der Waals surface area contributed by atoms with E-state index in [1.54, 1.807) is 0 Å². The predicted molar refractivity (Wildman–Crippen MR) is 82.7 cm³/mol. The summed E-state index contributed by atoms with van der Waals surface area (Å²) in [6, 6.07) is 19.8. The zero-order valence-electron chi connectivity index (χ0n) is 11.5. The van der Waals surface area contributed by atoms with Crippen LogP contribution in [0, 0.1) is 6.92 Å². The Morgan fingerprint density at radius 2 is 1.85 bits per heavy atom. The van der Waals surface area contributed by atoms with Gasteiger partial charge in [0.05, 0.1) is 5.56 Å². The zero-order valence-corrected chi connectivity index (χ0v) is 11.5. The van der Waals surface area contributed by atoms with Crippen molar-refractivity contribution in [1.29, 1.82) is 0 Å². The Labute approximate surface area is 118 Å². The number of aryl methyl sites for hydroxylation is 1. The molecule has 0 saturated heterocycles. The van der Waals surface area contributed by atoms with Gasteiger partial charge in [-0.2, -0.15) is 4.57 Å². The topological polar surface area (TPSA) is 3.88 Å². The van der Waals surface area contributed by atoms with Gasteiger partial charge in [-0.05, 0) is 30.7 Å². The Morgan fingerprint density at radius 1 is 1.00 bits per heavy atom. The fourth-order valence-electron chi connectivity index (χ4n) is 3.34. The van der Waals surface area contributed by atoms with Gasteiger partial charge in [-0.1, -0.05) is 36.9 Å². The third-order valence-electron chi connectivity index (χ3n) is 4.28. The van der Waals surface area contributed by atoms with E-state index < -0.39 is 0 Å². The maximum atomic E-state index is 4.05. The van der Waals surface area contributed by atoms with E-state index in [1.807, 2.05) is 6.08 Å². The first-order valence-electron chi connectivity index (χ1n) is 6.97. The summed E-state index contributed by atoms with van der Waals surface area (Å²) >= 11 is 0. The lowest BCUT2D eigenvalue weighted by Gasteiger charge is -2.06. The lowest BCUT2D eigenvalue weighted by molar-refractivity contribution is -0.661. The second-order valence-electron chi connectivity index (χ2n) is 5.36. The van der Waals surface area contributed by atoms with E-state index >= 15 is 0 Å². The number of fused-ring (bicyclic) bond motifs is 5. The summed E-state index contributed by atoms with van der Waals surface area (Å²) in [7, 11) is 0. The van der Waals surface area contributed by atoms with Crippen molar-refractivity contribution in [3.63, 3.8) is 0 Å². The van der Waals surface area contributed by atoms with Gasteiger partial charge in [0.2, 0.25) is 17.3 Å². The number of pyridine rings is 1. The number of hydrogen-bond donors (Lipinski definition) is 0. The molecule has 0 fully saturated rings. The Kier molecular flexibility index (Phi) is 2.31. The van der Waals surface area contributed by atoms with Gasteiger partial charge in [-0.25, -0.2) is 0 Å². The molecule has 2 heterocycles. The van der Waals surface area contributed by atoms with E-state index in [2.05, 4.69) is 72.7 Å². The van der Waals surface area contributed by atoms with Gasteiger partial charge in [-0.3, -0.25) is 0 Å². The molecule has 0 radical (unpaired) electrons. The molecule has 1 unspecified atom stereocenters. The van der Waals surface area contributed by atoms with Crippen molar-refractivity contribution in [1.82, 2.24) is 0 Å². The van der Waals surface area contributed by atoms with Crippen LogP contribution in [0.1, 0.15) is 17.2 Å². The van der Waals surface area contributed by atoms with Crippen LogP contribution in [-0.2, 0) is 0 Å². The van der Waals surface area contributed by atoms with E-state index in [1.165, 1.54) is 33.3 Å². The smallest absolute Gasteiger partial charge is 0.180 e. The van der Waals surface area contributed by atoms with Crippen molar-refractivity contribution >= 4 is 10.9 Å². The average Bonchev–Trinajstić information content (AvgIpc) is 2.82. The number of allylic oxidation sites excluding steroid dienone is 1. The zero-order chi connectivity index (χ0) is 13.7. The van der Waals surface area contributed by atoms with Gasteiger partial charge in [-0.15, -0.1) is 0 Å². The number of rotatable bonds is 1. The van der Waals surface area contributed by atoms with E-state index in [0.29, 0.717) is 0 Å². The van der Waals surface area contributed by atoms with Crippen LogP contribution >= 0.6 is 0 Å². The summed E-state index contributed by atoms with van der Waals surface area (Å²) in [6.07, 6.45) is 2.04. The lowest BCUT2D eigenvalue weighted by Crippen LogP contribution is -2.37. The first kappa shape index (κ1) is 11.4. The molecular formula is C19H16N+. The highest BCUT2D eigenvalue weighted by Crippen LogP contribution is 2.35. The maximum Gasteiger partial charge on any atom is 0.214 e. The van der Waals surface area contributed by atoms with E-state index in [-0.39, 0.29) is 6.04 Å². The van der Waals surface area contributed by atoms with Crippen molar-refractivity contribution < 1.29 is 4.57 Å². The number of benzene rings is 2. The first-order chi connectivity index (χ1) is 9.81. The highest BCUT2D eigenvalue weighted by Gasteiger charge is 2.35. The monoisotopic (exact) mass is 258 g/mol. The Hall–Kier alpha value is -2.41. The molecule has 3 aromatic rings. The van der Waals surface area contributed by atoms with Crippen molar-refractivity contribution in [2.45, 2.75) is 13.0 Å². The van der Waals surface area contributed by atoms with Crippen molar-refractivity contribution in [3.05, 3.63) is 78.4 Å². The van der Waals surface area contributed by atoms with Crippen LogP contribution in [0.3, 0.4) is 0 Å². The Morgan fingerprint density at radius 3 is 2.70 bits per heavy atom. The van der Waals surface area contributed by atoms with Crippen molar-refractivity contribution in [3.8, 4) is 11.3 Å². The third kappa shape index (κ3) is 1.35. The molecule has 0 bridgehead atoms. The normalized spacial score (nSPS) is 15.9. The van der Waals surface area contributed by atoms with Crippen LogP contribution in [0.4, 0.5) is 0 Å². The summed E-state index contributed by atoms with van der Waals surface area (Å²) in [4.78, 5) is 0. The summed E-state index contributed by atoms with van der Waals surface area (Å²) in [5.74, 6) is 0. The average molecular weight is 258 g/mol. The quantitative estimate of drug-likeness (QED) is 0.455. The standard InChI is InChI=1S/C19H16N/c1-3-17-15-8-4-5-9-16(15)19-12-11-14-13(2)7-6-10-18(14)20(17)19/h3-12,17H,1H2,2H3/q+1. The second kappa shape index (κ2) is 4.04. The number of hydrogen-bond acceptors (Lipinski definition) is 0. The summed E-state index contributed by atoms with van der Waals surface area (Å²) in [6.45, 7) is 6.22. The van der Waals surface area contributed by atoms with Gasteiger partial charge in [0.25, 0.3) is 0 Å². The molecule has 4 rings (SSSR count). The molecule has 1 heteroatoms. The highest BCUT2D eigenvalue weighted by molar-refractivity contribution is 5.82. The van der Waals surface area contributed by atoms with Gasteiger partial charge in [0.1, 0.15) is 0 Å².